The number of ether oxygens (including phenoxy) is 1. The molecule has 114 valence electrons. The van der Waals surface area contributed by atoms with E-state index in [9.17, 15) is 9.59 Å². The molecule has 2 aliphatic rings. The van der Waals surface area contributed by atoms with Crippen molar-refractivity contribution in [1.29, 1.82) is 0 Å². The first-order chi connectivity index (χ1) is 9.87. The molecule has 1 aromatic rings. The molecule has 2 heterocycles. The monoisotopic (exact) mass is 291 g/mol. The molecule has 0 unspecified atom stereocenters. The van der Waals surface area contributed by atoms with E-state index in [1.54, 1.807) is 0 Å². The molecule has 21 heavy (non-hydrogen) atoms. The number of aromatic amines is 1. The number of fused-ring (bicyclic) bond motifs is 1. The van der Waals surface area contributed by atoms with Crippen LogP contribution in [0.15, 0.2) is 12.3 Å². The molecule has 0 spiro atoms. The van der Waals surface area contributed by atoms with Gasteiger partial charge in [0.1, 0.15) is 5.69 Å². The van der Waals surface area contributed by atoms with Gasteiger partial charge >= 0.3 is 0 Å². The zero-order chi connectivity index (χ0) is 15.2. The number of nitrogens with one attached hydrogen (secondary N) is 1. The van der Waals surface area contributed by atoms with Crippen LogP contribution < -0.4 is 5.73 Å². The first-order valence-electron chi connectivity index (χ1n) is 7.34. The molecular formula is C15H21N3O3. The van der Waals surface area contributed by atoms with E-state index in [2.05, 4.69) is 4.98 Å². The van der Waals surface area contributed by atoms with Gasteiger partial charge in [-0.15, -0.1) is 0 Å². The number of nitrogens with two attached hydrogens (primary N) is 1. The smallest absolute Gasteiger partial charge is 0.270 e. The average Bonchev–Trinajstić information content (AvgIpc) is 3.03. The zero-order valence-corrected chi connectivity index (χ0v) is 12.4. The maximum absolute atomic E-state index is 12.8. The Bertz CT molecular complexity index is 578. The summed E-state index contributed by atoms with van der Waals surface area (Å²) in [5.41, 5.74) is 5.62. The van der Waals surface area contributed by atoms with Crippen molar-refractivity contribution in [3.63, 3.8) is 0 Å². The average molecular weight is 291 g/mol. The van der Waals surface area contributed by atoms with Gasteiger partial charge in [-0.05, 0) is 39.2 Å². The van der Waals surface area contributed by atoms with Crippen LogP contribution in [0.4, 0.5) is 0 Å². The Morgan fingerprint density at radius 3 is 2.86 bits per heavy atom. The molecule has 1 aliphatic heterocycles. The highest BCUT2D eigenvalue weighted by Crippen LogP contribution is 2.36. The molecule has 1 saturated carbocycles. The van der Waals surface area contributed by atoms with E-state index in [1.165, 1.54) is 12.3 Å². The van der Waals surface area contributed by atoms with E-state index in [4.69, 9.17) is 10.5 Å². The van der Waals surface area contributed by atoms with E-state index < -0.39 is 5.91 Å². The van der Waals surface area contributed by atoms with E-state index >= 15 is 0 Å². The molecule has 1 aromatic heterocycles. The molecular weight excluding hydrogens is 270 g/mol. The second-order valence-corrected chi connectivity index (χ2v) is 6.51. The Morgan fingerprint density at radius 2 is 2.19 bits per heavy atom. The van der Waals surface area contributed by atoms with Crippen molar-refractivity contribution >= 4 is 11.8 Å². The van der Waals surface area contributed by atoms with Crippen molar-refractivity contribution in [3.05, 3.63) is 23.5 Å². The SMILES string of the molecule is CC1(C)CN(C(=O)c2cc(C(N)=O)c[nH]2)[C@@H]2CCC[C@H]2O1. The van der Waals surface area contributed by atoms with Crippen molar-refractivity contribution in [2.45, 2.75) is 50.9 Å². The lowest BCUT2D eigenvalue weighted by atomic mass is 10.0. The fraction of sp³-hybridized carbons (Fsp3) is 0.600. The summed E-state index contributed by atoms with van der Waals surface area (Å²) in [5.74, 6) is -0.623. The molecule has 0 bridgehead atoms. The van der Waals surface area contributed by atoms with Crippen LogP contribution in [0, 0.1) is 0 Å². The number of nitrogens with zero attached hydrogens (tertiary/aromatic N) is 1. The molecule has 1 saturated heterocycles. The van der Waals surface area contributed by atoms with Gasteiger partial charge in [0.15, 0.2) is 0 Å². The number of morpholine rings is 1. The molecule has 2 amide bonds. The Labute approximate surface area is 123 Å². The van der Waals surface area contributed by atoms with E-state index in [-0.39, 0.29) is 23.7 Å². The number of aromatic nitrogens is 1. The van der Waals surface area contributed by atoms with Gasteiger partial charge < -0.3 is 20.4 Å². The van der Waals surface area contributed by atoms with Crippen LogP contribution in [-0.4, -0.2) is 46.0 Å². The summed E-state index contributed by atoms with van der Waals surface area (Å²) in [4.78, 5) is 28.7. The van der Waals surface area contributed by atoms with Gasteiger partial charge in [-0.25, -0.2) is 0 Å². The third-order valence-electron chi connectivity index (χ3n) is 4.30. The lowest BCUT2D eigenvalue weighted by molar-refractivity contribution is -0.142. The number of H-pyrrole nitrogens is 1. The van der Waals surface area contributed by atoms with Crippen LogP contribution >= 0.6 is 0 Å². The molecule has 6 heteroatoms. The quantitative estimate of drug-likeness (QED) is 0.860. The Morgan fingerprint density at radius 1 is 1.43 bits per heavy atom. The van der Waals surface area contributed by atoms with Crippen LogP contribution in [0.5, 0.6) is 0 Å². The van der Waals surface area contributed by atoms with Crippen LogP contribution in [0.25, 0.3) is 0 Å². The molecule has 2 fully saturated rings. The zero-order valence-electron chi connectivity index (χ0n) is 12.4. The highest BCUT2D eigenvalue weighted by atomic mass is 16.5. The summed E-state index contributed by atoms with van der Waals surface area (Å²) >= 11 is 0. The lowest BCUT2D eigenvalue weighted by Crippen LogP contribution is -2.58. The van der Waals surface area contributed by atoms with Gasteiger partial charge in [0.05, 0.1) is 23.3 Å². The van der Waals surface area contributed by atoms with E-state index in [0.717, 1.165) is 19.3 Å². The molecule has 1 aliphatic carbocycles. The van der Waals surface area contributed by atoms with Crippen LogP contribution in [-0.2, 0) is 4.74 Å². The molecule has 0 radical (unpaired) electrons. The summed E-state index contributed by atoms with van der Waals surface area (Å²) in [7, 11) is 0. The topological polar surface area (TPSA) is 88.4 Å². The predicted octanol–water partition coefficient (Wildman–Crippen LogP) is 1.29. The highest BCUT2D eigenvalue weighted by Gasteiger charge is 2.45. The van der Waals surface area contributed by atoms with E-state index in [1.807, 2.05) is 18.7 Å². The number of carbonyl (C=O) groups excluding carboxylic acids is 2. The second-order valence-electron chi connectivity index (χ2n) is 6.51. The van der Waals surface area contributed by atoms with Gasteiger partial charge in [0, 0.05) is 12.7 Å². The third-order valence-corrected chi connectivity index (χ3v) is 4.30. The van der Waals surface area contributed by atoms with Crippen molar-refractivity contribution in [2.75, 3.05) is 6.54 Å². The maximum Gasteiger partial charge on any atom is 0.270 e. The third kappa shape index (κ3) is 2.55. The standard InChI is InChI=1S/C15H21N3O3/c1-15(2)8-18(11-4-3-5-12(11)21-15)14(20)10-6-9(7-17-10)13(16)19/h6-7,11-12,17H,3-5,8H2,1-2H3,(H2,16,19)/t11-,12-/m1/s1. The minimum Gasteiger partial charge on any atom is -0.368 e. The second kappa shape index (κ2) is 4.87. The summed E-state index contributed by atoms with van der Waals surface area (Å²) in [6.45, 7) is 4.56. The summed E-state index contributed by atoms with van der Waals surface area (Å²) < 4.78 is 6.08. The van der Waals surface area contributed by atoms with Crippen LogP contribution in [0.1, 0.15) is 54.0 Å². The van der Waals surface area contributed by atoms with Crippen molar-refractivity contribution in [2.24, 2.45) is 5.73 Å². The lowest BCUT2D eigenvalue weighted by Gasteiger charge is -2.46. The molecule has 3 rings (SSSR count). The highest BCUT2D eigenvalue weighted by molar-refractivity contribution is 5.98. The van der Waals surface area contributed by atoms with Crippen LogP contribution in [0.2, 0.25) is 0 Å². The summed E-state index contributed by atoms with van der Waals surface area (Å²) in [5, 5.41) is 0. The molecule has 2 atom stereocenters. The number of amides is 2. The van der Waals surface area contributed by atoms with Crippen LogP contribution in [0.3, 0.4) is 0 Å². The summed E-state index contributed by atoms with van der Waals surface area (Å²) in [6.07, 6.45) is 4.63. The van der Waals surface area contributed by atoms with Gasteiger partial charge in [0.25, 0.3) is 5.91 Å². The number of carbonyl (C=O) groups is 2. The fourth-order valence-electron chi connectivity index (χ4n) is 3.41. The number of rotatable bonds is 2. The first kappa shape index (κ1) is 14.1. The molecule has 0 aromatic carbocycles. The largest absolute Gasteiger partial charge is 0.368 e. The number of hydrogen-bond donors (Lipinski definition) is 2. The fourth-order valence-corrected chi connectivity index (χ4v) is 3.41. The molecule has 6 nitrogen and oxygen atoms in total. The summed E-state index contributed by atoms with van der Waals surface area (Å²) in [6, 6.07) is 1.66. The van der Waals surface area contributed by atoms with Gasteiger partial charge in [-0.3, -0.25) is 9.59 Å². The van der Waals surface area contributed by atoms with Gasteiger partial charge in [-0.1, -0.05) is 0 Å². The predicted molar refractivity (Wildman–Crippen MR) is 76.9 cm³/mol. The van der Waals surface area contributed by atoms with Gasteiger partial charge in [0.2, 0.25) is 5.91 Å². The Kier molecular flexibility index (Phi) is 3.28. The minimum absolute atomic E-state index is 0.0872. The minimum atomic E-state index is -0.536. The first-order valence-corrected chi connectivity index (χ1v) is 7.34. The van der Waals surface area contributed by atoms with Gasteiger partial charge in [-0.2, -0.15) is 0 Å². The Balaban J connectivity index is 1.86. The van der Waals surface area contributed by atoms with Crippen molar-refractivity contribution in [1.82, 2.24) is 9.88 Å². The van der Waals surface area contributed by atoms with E-state index in [0.29, 0.717) is 17.8 Å². The maximum atomic E-state index is 12.8. The number of primary amides is 1. The number of hydrogen-bond acceptors (Lipinski definition) is 3. The van der Waals surface area contributed by atoms with Crippen molar-refractivity contribution in [3.8, 4) is 0 Å². The normalized spacial score (nSPS) is 27.4. The van der Waals surface area contributed by atoms with Crippen molar-refractivity contribution < 1.29 is 14.3 Å². The Hall–Kier alpha value is -1.82. The molecule has 3 N–H and O–H groups in total.